The van der Waals surface area contributed by atoms with Crippen LogP contribution in [0.25, 0.3) is 0 Å². The lowest BCUT2D eigenvalue weighted by Crippen LogP contribution is -2.33. The third-order valence-corrected chi connectivity index (χ3v) is 4.65. The largest absolute Gasteiger partial charge is 0.398 e. The Morgan fingerprint density at radius 1 is 1.15 bits per heavy atom. The Bertz CT molecular complexity index is 512. The lowest BCUT2D eigenvalue weighted by Gasteiger charge is -2.15. The molecule has 0 radical (unpaired) electrons. The van der Waals surface area contributed by atoms with Gasteiger partial charge in [-0.2, -0.15) is 0 Å². The van der Waals surface area contributed by atoms with E-state index in [0.29, 0.717) is 17.2 Å². The van der Waals surface area contributed by atoms with Gasteiger partial charge in [0, 0.05) is 11.7 Å². The molecular weight excluding hydrogens is 272 g/mol. The van der Waals surface area contributed by atoms with E-state index >= 15 is 0 Å². The van der Waals surface area contributed by atoms with Crippen molar-refractivity contribution in [1.82, 2.24) is 4.72 Å². The molecule has 20 heavy (non-hydrogen) atoms. The molecule has 1 atom stereocenters. The summed E-state index contributed by atoms with van der Waals surface area (Å²) in [6.45, 7) is 6.26. The highest BCUT2D eigenvalue weighted by atomic mass is 32.2. The second-order valence-electron chi connectivity index (χ2n) is 5.80. The molecule has 0 saturated carbocycles. The van der Waals surface area contributed by atoms with Gasteiger partial charge in [-0.1, -0.05) is 44.9 Å². The average Bonchev–Trinajstić information content (AvgIpc) is 2.30. The molecule has 0 heterocycles. The molecule has 4 nitrogen and oxygen atoms in total. The molecule has 0 amide bonds. The van der Waals surface area contributed by atoms with Crippen molar-refractivity contribution < 1.29 is 8.42 Å². The van der Waals surface area contributed by atoms with Crippen LogP contribution in [0.3, 0.4) is 0 Å². The summed E-state index contributed by atoms with van der Waals surface area (Å²) in [5.41, 5.74) is 6.95. The molecule has 0 fully saturated rings. The maximum Gasteiger partial charge on any atom is 0.216 e. The Kier molecular flexibility index (Phi) is 6.49. The van der Waals surface area contributed by atoms with Crippen molar-refractivity contribution in [1.29, 1.82) is 0 Å². The van der Waals surface area contributed by atoms with Gasteiger partial charge in [0.2, 0.25) is 10.0 Å². The van der Waals surface area contributed by atoms with Crippen molar-refractivity contribution in [2.75, 3.05) is 5.73 Å². The number of sulfonamides is 1. The molecule has 0 aliphatic carbocycles. The monoisotopic (exact) mass is 298 g/mol. The fourth-order valence-electron chi connectivity index (χ4n) is 2.11. The quantitative estimate of drug-likeness (QED) is 0.725. The van der Waals surface area contributed by atoms with Gasteiger partial charge in [-0.05, 0) is 30.9 Å². The van der Waals surface area contributed by atoms with Gasteiger partial charge in [0.05, 0.1) is 5.75 Å². The van der Waals surface area contributed by atoms with E-state index in [0.717, 1.165) is 19.3 Å². The van der Waals surface area contributed by atoms with Gasteiger partial charge < -0.3 is 5.73 Å². The molecule has 0 bridgehead atoms. The van der Waals surface area contributed by atoms with Gasteiger partial charge >= 0.3 is 0 Å². The minimum Gasteiger partial charge on any atom is -0.398 e. The molecule has 114 valence electrons. The van der Waals surface area contributed by atoms with Gasteiger partial charge in [-0.25, -0.2) is 13.1 Å². The van der Waals surface area contributed by atoms with Crippen molar-refractivity contribution in [3.05, 3.63) is 29.8 Å². The van der Waals surface area contributed by atoms with Gasteiger partial charge in [-0.3, -0.25) is 0 Å². The minimum absolute atomic E-state index is 0.0383. The molecule has 1 rings (SSSR count). The fraction of sp³-hybridized carbons (Fsp3) is 0.600. The van der Waals surface area contributed by atoms with Crippen LogP contribution in [0.2, 0.25) is 0 Å². The summed E-state index contributed by atoms with van der Waals surface area (Å²) < 4.78 is 26.9. The number of anilines is 1. The first-order valence-electron chi connectivity index (χ1n) is 7.13. The molecular formula is C15H26N2O2S. The van der Waals surface area contributed by atoms with Crippen LogP contribution < -0.4 is 10.5 Å². The van der Waals surface area contributed by atoms with Crippen molar-refractivity contribution in [2.45, 2.75) is 51.8 Å². The smallest absolute Gasteiger partial charge is 0.216 e. The molecule has 5 heteroatoms. The first-order valence-corrected chi connectivity index (χ1v) is 8.79. The molecule has 1 aromatic rings. The van der Waals surface area contributed by atoms with Crippen LogP contribution in [0.5, 0.6) is 0 Å². The van der Waals surface area contributed by atoms with Crippen LogP contribution >= 0.6 is 0 Å². The first kappa shape index (κ1) is 17.0. The number of hydrogen-bond donors (Lipinski definition) is 2. The standard InChI is InChI=1S/C15H26N2O2S/c1-12(2)7-6-8-13(3)17-20(18,19)11-14-9-4-5-10-15(14)16/h4-5,9-10,12-13,17H,6-8,11,16H2,1-3H3. The van der Waals surface area contributed by atoms with E-state index < -0.39 is 10.0 Å². The summed E-state index contributed by atoms with van der Waals surface area (Å²) in [6, 6.07) is 7.03. The van der Waals surface area contributed by atoms with Gasteiger partial charge in [0.1, 0.15) is 0 Å². The molecule has 0 aliphatic heterocycles. The number of benzene rings is 1. The number of rotatable bonds is 8. The number of para-hydroxylation sites is 1. The zero-order valence-electron chi connectivity index (χ0n) is 12.6. The van der Waals surface area contributed by atoms with Crippen LogP contribution in [-0.4, -0.2) is 14.5 Å². The summed E-state index contributed by atoms with van der Waals surface area (Å²) in [7, 11) is -3.34. The van der Waals surface area contributed by atoms with Crippen LogP contribution in [0.1, 0.15) is 45.6 Å². The van der Waals surface area contributed by atoms with E-state index in [1.54, 1.807) is 24.3 Å². The van der Waals surface area contributed by atoms with Crippen molar-refractivity contribution in [3.8, 4) is 0 Å². The van der Waals surface area contributed by atoms with Crippen molar-refractivity contribution in [3.63, 3.8) is 0 Å². The fourth-order valence-corrected chi connectivity index (χ4v) is 3.60. The van der Waals surface area contributed by atoms with Gasteiger partial charge in [0.25, 0.3) is 0 Å². The molecule has 1 aromatic carbocycles. The second kappa shape index (κ2) is 7.64. The highest BCUT2D eigenvalue weighted by molar-refractivity contribution is 7.88. The molecule has 0 saturated heterocycles. The van der Waals surface area contributed by atoms with E-state index in [-0.39, 0.29) is 11.8 Å². The highest BCUT2D eigenvalue weighted by Gasteiger charge is 2.16. The minimum atomic E-state index is -3.34. The predicted molar refractivity (Wildman–Crippen MR) is 84.8 cm³/mol. The lowest BCUT2D eigenvalue weighted by atomic mass is 10.0. The van der Waals surface area contributed by atoms with Gasteiger partial charge in [-0.15, -0.1) is 0 Å². The van der Waals surface area contributed by atoms with E-state index in [4.69, 9.17) is 5.73 Å². The Balaban J connectivity index is 2.51. The van der Waals surface area contributed by atoms with E-state index in [2.05, 4.69) is 18.6 Å². The Labute approximate surface area is 122 Å². The Morgan fingerprint density at radius 3 is 2.40 bits per heavy atom. The van der Waals surface area contributed by atoms with E-state index in [1.807, 2.05) is 6.92 Å². The Hall–Kier alpha value is -1.07. The maximum atomic E-state index is 12.1. The summed E-state index contributed by atoms with van der Waals surface area (Å²) in [6.07, 6.45) is 3.02. The SMILES string of the molecule is CC(C)CCCC(C)NS(=O)(=O)Cc1ccccc1N. The molecule has 3 N–H and O–H groups in total. The number of nitrogens with one attached hydrogen (secondary N) is 1. The number of nitrogen functional groups attached to an aromatic ring is 1. The molecule has 1 unspecified atom stereocenters. The maximum absolute atomic E-state index is 12.1. The summed E-state index contributed by atoms with van der Waals surface area (Å²) in [5, 5.41) is 0. The van der Waals surface area contributed by atoms with E-state index in [9.17, 15) is 8.42 Å². The third kappa shape index (κ3) is 6.39. The lowest BCUT2D eigenvalue weighted by molar-refractivity contribution is 0.488. The van der Waals surface area contributed by atoms with Crippen LogP contribution in [0.4, 0.5) is 5.69 Å². The molecule has 0 aromatic heterocycles. The molecule has 0 spiro atoms. The molecule has 0 aliphatic rings. The zero-order chi connectivity index (χ0) is 15.2. The summed E-state index contributed by atoms with van der Waals surface area (Å²) >= 11 is 0. The van der Waals surface area contributed by atoms with Crippen LogP contribution in [0, 0.1) is 5.92 Å². The predicted octanol–water partition coefficient (Wildman–Crippen LogP) is 2.90. The number of hydrogen-bond acceptors (Lipinski definition) is 3. The topological polar surface area (TPSA) is 72.2 Å². The van der Waals surface area contributed by atoms with Crippen molar-refractivity contribution >= 4 is 15.7 Å². The van der Waals surface area contributed by atoms with Crippen molar-refractivity contribution in [2.24, 2.45) is 5.92 Å². The highest BCUT2D eigenvalue weighted by Crippen LogP contribution is 2.15. The second-order valence-corrected chi connectivity index (χ2v) is 7.56. The third-order valence-electron chi connectivity index (χ3n) is 3.20. The summed E-state index contributed by atoms with van der Waals surface area (Å²) in [5.74, 6) is 0.594. The van der Waals surface area contributed by atoms with E-state index in [1.165, 1.54) is 0 Å². The summed E-state index contributed by atoms with van der Waals surface area (Å²) in [4.78, 5) is 0. The number of nitrogens with two attached hydrogens (primary N) is 1. The zero-order valence-corrected chi connectivity index (χ0v) is 13.4. The van der Waals surface area contributed by atoms with Gasteiger partial charge in [0.15, 0.2) is 0 Å². The normalized spacial score (nSPS) is 13.6. The van der Waals surface area contributed by atoms with Crippen LogP contribution in [0.15, 0.2) is 24.3 Å². The van der Waals surface area contributed by atoms with Crippen LogP contribution in [-0.2, 0) is 15.8 Å². The first-order chi connectivity index (χ1) is 9.30. The Morgan fingerprint density at radius 2 is 1.80 bits per heavy atom. The average molecular weight is 298 g/mol.